The van der Waals surface area contributed by atoms with Crippen LogP contribution in [0.2, 0.25) is 0 Å². The first kappa shape index (κ1) is 14.0. The first-order chi connectivity index (χ1) is 9.22. The number of benzene rings is 1. The van der Waals surface area contributed by atoms with Gasteiger partial charge in [0.25, 0.3) is 0 Å². The average Bonchev–Trinajstić information content (AvgIpc) is 2.58. The number of rotatable bonds is 3. The van der Waals surface area contributed by atoms with Crippen LogP contribution < -0.4 is 0 Å². The number of hydrogen-bond donors (Lipinski definition) is 0. The zero-order valence-corrected chi connectivity index (χ0v) is 11.9. The van der Waals surface area contributed by atoms with Gasteiger partial charge in [0, 0.05) is 25.2 Å². The van der Waals surface area contributed by atoms with E-state index >= 15 is 0 Å². The molecule has 1 aromatic rings. The quantitative estimate of drug-likeness (QED) is 0.834. The van der Waals surface area contributed by atoms with Crippen molar-refractivity contribution in [2.45, 2.75) is 31.8 Å². The summed E-state index contributed by atoms with van der Waals surface area (Å²) >= 11 is 0. The second-order valence-corrected chi connectivity index (χ2v) is 5.49. The van der Waals surface area contributed by atoms with Crippen LogP contribution in [-0.2, 0) is 0 Å². The molecule has 102 valence electrons. The fourth-order valence-corrected chi connectivity index (χ4v) is 3.04. The molecule has 0 saturated carbocycles. The summed E-state index contributed by atoms with van der Waals surface area (Å²) in [5.41, 5.74) is 1.26. The fraction of sp³-hybridized carbons (Fsp3) is 0.562. The lowest BCUT2D eigenvalue weighted by Gasteiger charge is -2.34. The van der Waals surface area contributed by atoms with Crippen molar-refractivity contribution in [3.05, 3.63) is 35.9 Å². The van der Waals surface area contributed by atoms with Crippen molar-refractivity contribution in [1.29, 1.82) is 5.26 Å². The maximum absolute atomic E-state index is 9.15. The Bertz CT molecular complexity index is 423. The molecule has 2 unspecified atom stereocenters. The van der Waals surface area contributed by atoms with Gasteiger partial charge in [0.1, 0.15) is 0 Å². The van der Waals surface area contributed by atoms with Crippen LogP contribution in [0.25, 0.3) is 0 Å². The van der Waals surface area contributed by atoms with Gasteiger partial charge < -0.3 is 4.90 Å². The Labute approximate surface area is 116 Å². The lowest BCUT2D eigenvalue weighted by atomic mass is 10.0. The van der Waals surface area contributed by atoms with Gasteiger partial charge in [-0.3, -0.25) is 4.90 Å². The minimum Gasteiger partial charge on any atom is -0.305 e. The third kappa shape index (κ3) is 3.56. The van der Waals surface area contributed by atoms with E-state index in [-0.39, 0.29) is 6.04 Å². The molecule has 0 bridgehead atoms. The van der Waals surface area contributed by atoms with Gasteiger partial charge in [0.2, 0.25) is 0 Å². The van der Waals surface area contributed by atoms with Crippen molar-refractivity contribution in [2.75, 3.05) is 26.7 Å². The highest BCUT2D eigenvalue weighted by Crippen LogP contribution is 2.27. The van der Waals surface area contributed by atoms with E-state index < -0.39 is 0 Å². The lowest BCUT2D eigenvalue weighted by Crippen LogP contribution is -2.40. The summed E-state index contributed by atoms with van der Waals surface area (Å²) in [7, 11) is 2.18. The molecule has 0 aromatic heterocycles. The molecular formula is C16H23N3. The molecule has 2 atom stereocenters. The van der Waals surface area contributed by atoms with Crippen LogP contribution >= 0.6 is 0 Å². The molecule has 0 radical (unpaired) electrons. The van der Waals surface area contributed by atoms with E-state index in [1.807, 2.05) is 6.07 Å². The zero-order chi connectivity index (χ0) is 13.7. The second kappa shape index (κ2) is 6.70. The van der Waals surface area contributed by atoms with E-state index in [9.17, 15) is 0 Å². The first-order valence-corrected chi connectivity index (χ1v) is 7.08. The highest BCUT2D eigenvalue weighted by molar-refractivity contribution is 5.20. The Morgan fingerprint density at radius 3 is 2.74 bits per heavy atom. The van der Waals surface area contributed by atoms with Crippen molar-refractivity contribution in [2.24, 2.45) is 0 Å². The lowest BCUT2D eigenvalue weighted by molar-refractivity contribution is 0.144. The average molecular weight is 257 g/mol. The molecule has 19 heavy (non-hydrogen) atoms. The molecule has 3 heteroatoms. The van der Waals surface area contributed by atoms with Crippen molar-refractivity contribution < 1.29 is 0 Å². The Kier molecular flexibility index (Phi) is 4.95. The van der Waals surface area contributed by atoms with Gasteiger partial charge in [-0.2, -0.15) is 5.26 Å². The minimum absolute atomic E-state index is 0.229. The monoisotopic (exact) mass is 257 g/mol. The maximum atomic E-state index is 9.15. The normalized spacial score (nSPS) is 23.5. The molecule has 0 aliphatic carbocycles. The summed E-state index contributed by atoms with van der Waals surface area (Å²) in [5, 5.41) is 9.15. The van der Waals surface area contributed by atoms with Gasteiger partial charge in [-0.1, -0.05) is 30.3 Å². The molecule has 3 nitrogen and oxygen atoms in total. The van der Waals surface area contributed by atoms with Gasteiger partial charge in [-0.15, -0.1) is 0 Å². The van der Waals surface area contributed by atoms with Crippen molar-refractivity contribution in [3.8, 4) is 6.07 Å². The molecule has 1 heterocycles. The zero-order valence-electron chi connectivity index (χ0n) is 11.9. The number of nitriles is 1. The second-order valence-electron chi connectivity index (χ2n) is 5.49. The Morgan fingerprint density at radius 1 is 1.32 bits per heavy atom. The van der Waals surface area contributed by atoms with Crippen LogP contribution in [0, 0.1) is 11.3 Å². The highest BCUT2D eigenvalue weighted by atomic mass is 15.2. The fourth-order valence-electron chi connectivity index (χ4n) is 3.04. The van der Waals surface area contributed by atoms with Gasteiger partial charge in [-0.25, -0.2) is 0 Å². The Morgan fingerprint density at radius 2 is 2.05 bits per heavy atom. The third-order valence-corrected chi connectivity index (χ3v) is 3.97. The molecule has 1 aliphatic rings. The number of hydrogen-bond acceptors (Lipinski definition) is 3. The van der Waals surface area contributed by atoms with E-state index in [4.69, 9.17) is 5.26 Å². The van der Waals surface area contributed by atoms with Gasteiger partial charge >= 0.3 is 0 Å². The predicted octanol–water partition coefficient (Wildman–Crippen LogP) is 2.67. The molecule has 1 saturated heterocycles. The van der Waals surface area contributed by atoms with E-state index in [1.165, 1.54) is 12.0 Å². The standard InChI is InChI=1S/C16H23N3/c1-14-13-18(2)11-6-12-19(14)16(9-10-17)15-7-4-3-5-8-15/h3-5,7-8,14,16H,6,9,11-13H2,1-2H3. The number of nitrogens with zero attached hydrogens (tertiary/aromatic N) is 3. The molecule has 2 rings (SSSR count). The molecule has 1 aliphatic heterocycles. The molecule has 1 aromatic carbocycles. The summed E-state index contributed by atoms with van der Waals surface area (Å²) in [6, 6.07) is 13.5. The van der Waals surface area contributed by atoms with E-state index in [0.29, 0.717) is 12.5 Å². The van der Waals surface area contributed by atoms with Crippen molar-refractivity contribution in [3.63, 3.8) is 0 Å². The largest absolute Gasteiger partial charge is 0.305 e. The van der Waals surface area contributed by atoms with E-state index in [2.05, 4.69) is 54.1 Å². The van der Waals surface area contributed by atoms with E-state index in [0.717, 1.165) is 19.6 Å². The van der Waals surface area contributed by atoms with Crippen LogP contribution in [0.1, 0.15) is 31.4 Å². The van der Waals surface area contributed by atoms with Crippen LogP contribution in [0.15, 0.2) is 30.3 Å². The van der Waals surface area contributed by atoms with Crippen LogP contribution in [0.3, 0.4) is 0 Å². The summed E-state index contributed by atoms with van der Waals surface area (Å²) in [6.07, 6.45) is 1.74. The predicted molar refractivity (Wildman–Crippen MR) is 77.7 cm³/mol. The molecule has 0 amide bonds. The summed E-state index contributed by atoms with van der Waals surface area (Å²) < 4.78 is 0. The molecular weight excluding hydrogens is 234 g/mol. The summed E-state index contributed by atoms with van der Waals surface area (Å²) in [4.78, 5) is 4.89. The van der Waals surface area contributed by atoms with Gasteiger partial charge in [0.05, 0.1) is 12.5 Å². The summed E-state index contributed by atoms with van der Waals surface area (Å²) in [6.45, 7) is 5.57. The van der Waals surface area contributed by atoms with Crippen LogP contribution in [-0.4, -0.2) is 42.5 Å². The molecule has 1 fully saturated rings. The van der Waals surface area contributed by atoms with Crippen molar-refractivity contribution in [1.82, 2.24) is 9.80 Å². The molecule has 0 N–H and O–H groups in total. The SMILES string of the molecule is CC1CN(C)CCCN1C(CC#N)c1ccccc1. The van der Waals surface area contributed by atoms with E-state index in [1.54, 1.807) is 0 Å². The molecule has 0 spiro atoms. The maximum Gasteiger partial charge on any atom is 0.0641 e. The van der Waals surface area contributed by atoms with Gasteiger partial charge in [0.15, 0.2) is 0 Å². The highest BCUT2D eigenvalue weighted by Gasteiger charge is 2.27. The van der Waals surface area contributed by atoms with Crippen LogP contribution in [0.4, 0.5) is 0 Å². The number of likely N-dealkylation sites (N-methyl/N-ethyl adjacent to an activating group) is 1. The Hall–Kier alpha value is -1.37. The minimum atomic E-state index is 0.229. The van der Waals surface area contributed by atoms with Gasteiger partial charge in [-0.05, 0) is 32.5 Å². The third-order valence-electron chi connectivity index (χ3n) is 3.97. The van der Waals surface area contributed by atoms with Crippen LogP contribution in [0.5, 0.6) is 0 Å². The first-order valence-electron chi connectivity index (χ1n) is 7.08. The summed E-state index contributed by atoms with van der Waals surface area (Å²) in [5.74, 6) is 0. The van der Waals surface area contributed by atoms with Crippen molar-refractivity contribution >= 4 is 0 Å². The smallest absolute Gasteiger partial charge is 0.0641 e. The Balaban J connectivity index is 2.21. The topological polar surface area (TPSA) is 30.3 Å².